The fourth-order valence-corrected chi connectivity index (χ4v) is 2.50. The summed E-state index contributed by atoms with van der Waals surface area (Å²) in [5, 5.41) is 14.9. The van der Waals surface area contributed by atoms with Gasteiger partial charge in [0.15, 0.2) is 0 Å². The van der Waals surface area contributed by atoms with Crippen LogP contribution in [0.4, 0.5) is 0 Å². The molecule has 3 N–H and O–H groups in total. The SMILES string of the molecule is CC(C)n1cc(C(O)C2(CN)CCOCC2)cn1. The van der Waals surface area contributed by atoms with Crippen LogP contribution >= 0.6 is 0 Å². The highest BCUT2D eigenvalue weighted by Gasteiger charge is 2.39. The van der Waals surface area contributed by atoms with Gasteiger partial charge in [-0.3, -0.25) is 4.68 Å². The lowest BCUT2D eigenvalue weighted by Gasteiger charge is -2.39. The molecule has 1 unspecified atom stereocenters. The lowest BCUT2D eigenvalue weighted by Crippen LogP contribution is -2.41. The summed E-state index contributed by atoms with van der Waals surface area (Å²) in [6.45, 7) is 5.95. The van der Waals surface area contributed by atoms with Gasteiger partial charge in [-0.1, -0.05) is 0 Å². The molecule has 2 rings (SSSR count). The third-order valence-corrected chi connectivity index (χ3v) is 3.94. The standard InChI is InChI=1S/C13H23N3O2/c1-10(2)16-8-11(7-15-16)12(17)13(9-14)3-5-18-6-4-13/h7-8,10,12,17H,3-6,9,14H2,1-2H3. The topological polar surface area (TPSA) is 73.3 Å². The van der Waals surface area contributed by atoms with Crippen LogP contribution in [0.3, 0.4) is 0 Å². The van der Waals surface area contributed by atoms with Crippen molar-refractivity contribution in [1.82, 2.24) is 9.78 Å². The number of ether oxygens (including phenoxy) is 1. The number of aromatic nitrogens is 2. The third kappa shape index (κ3) is 2.43. The van der Waals surface area contributed by atoms with Gasteiger partial charge in [0.25, 0.3) is 0 Å². The van der Waals surface area contributed by atoms with Gasteiger partial charge in [0.2, 0.25) is 0 Å². The van der Waals surface area contributed by atoms with Gasteiger partial charge in [-0.05, 0) is 26.7 Å². The zero-order valence-electron chi connectivity index (χ0n) is 11.2. The lowest BCUT2D eigenvalue weighted by molar-refractivity contribution is -0.0581. The van der Waals surface area contributed by atoms with Crippen LogP contribution in [0.25, 0.3) is 0 Å². The molecule has 0 saturated carbocycles. The Morgan fingerprint density at radius 3 is 2.67 bits per heavy atom. The second kappa shape index (κ2) is 5.38. The number of hydrogen-bond donors (Lipinski definition) is 2. The van der Waals surface area contributed by atoms with E-state index in [0.29, 0.717) is 25.8 Å². The van der Waals surface area contributed by atoms with E-state index in [-0.39, 0.29) is 5.41 Å². The molecule has 5 heteroatoms. The molecule has 0 bridgehead atoms. The summed E-state index contributed by atoms with van der Waals surface area (Å²) in [6, 6.07) is 0.300. The Hall–Kier alpha value is -0.910. The van der Waals surface area contributed by atoms with E-state index in [1.54, 1.807) is 6.20 Å². The van der Waals surface area contributed by atoms with E-state index in [1.807, 2.05) is 10.9 Å². The first-order chi connectivity index (χ1) is 8.59. The Labute approximate surface area is 108 Å². The first-order valence-corrected chi connectivity index (χ1v) is 6.59. The molecule has 0 aliphatic carbocycles. The Bertz CT molecular complexity index is 383. The third-order valence-electron chi connectivity index (χ3n) is 3.94. The lowest BCUT2D eigenvalue weighted by atomic mass is 9.73. The van der Waals surface area contributed by atoms with Gasteiger partial charge < -0.3 is 15.6 Å². The molecule has 0 aromatic carbocycles. The van der Waals surface area contributed by atoms with E-state index in [2.05, 4.69) is 18.9 Å². The van der Waals surface area contributed by atoms with Crippen molar-refractivity contribution in [3.63, 3.8) is 0 Å². The summed E-state index contributed by atoms with van der Waals surface area (Å²) in [6.07, 6.45) is 4.72. The van der Waals surface area contributed by atoms with Crippen LogP contribution in [-0.4, -0.2) is 34.6 Å². The van der Waals surface area contributed by atoms with Gasteiger partial charge in [0.1, 0.15) is 0 Å². The zero-order valence-corrected chi connectivity index (χ0v) is 11.2. The van der Waals surface area contributed by atoms with Crippen LogP contribution in [0.5, 0.6) is 0 Å². The van der Waals surface area contributed by atoms with Gasteiger partial charge in [-0.2, -0.15) is 5.10 Å². The number of nitrogens with two attached hydrogens (primary N) is 1. The molecule has 18 heavy (non-hydrogen) atoms. The summed E-state index contributed by atoms with van der Waals surface area (Å²) in [4.78, 5) is 0. The highest BCUT2D eigenvalue weighted by molar-refractivity contribution is 5.13. The van der Waals surface area contributed by atoms with Crippen molar-refractivity contribution in [1.29, 1.82) is 0 Å². The van der Waals surface area contributed by atoms with Crippen LogP contribution in [0, 0.1) is 5.41 Å². The van der Waals surface area contributed by atoms with Crippen LogP contribution in [0.2, 0.25) is 0 Å². The minimum atomic E-state index is -0.557. The van der Waals surface area contributed by atoms with E-state index in [0.717, 1.165) is 18.4 Å². The molecule has 0 amide bonds. The fraction of sp³-hybridized carbons (Fsp3) is 0.769. The van der Waals surface area contributed by atoms with E-state index in [9.17, 15) is 5.11 Å². The zero-order chi connectivity index (χ0) is 13.2. The molecule has 5 nitrogen and oxygen atoms in total. The predicted octanol–water partition coefficient (Wildman–Crippen LogP) is 1.25. The second-order valence-corrected chi connectivity index (χ2v) is 5.43. The molecule has 102 valence electrons. The van der Waals surface area contributed by atoms with Crippen LogP contribution in [0.1, 0.15) is 44.4 Å². The number of hydrogen-bond acceptors (Lipinski definition) is 4. The number of aliphatic hydroxyl groups is 1. The normalized spacial score (nSPS) is 21.2. The maximum atomic E-state index is 10.6. The largest absolute Gasteiger partial charge is 0.388 e. The maximum absolute atomic E-state index is 10.6. The van der Waals surface area contributed by atoms with E-state index >= 15 is 0 Å². The number of nitrogens with zero attached hydrogens (tertiary/aromatic N) is 2. The quantitative estimate of drug-likeness (QED) is 0.847. The van der Waals surface area contributed by atoms with Gasteiger partial charge in [0, 0.05) is 43.0 Å². The van der Waals surface area contributed by atoms with Crippen molar-refractivity contribution in [3.05, 3.63) is 18.0 Å². The summed E-state index contributed by atoms with van der Waals surface area (Å²) in [5.74, 6) is 0. The Kier molecular flexibility index (Phi) is 4.04. The first-order valence-electron chi connectivity index (χ1n) is 6.59. The van der Waals surface area contributed by atoms with Crippen LogP contribution in [-0.2, 0) is 4.74 Å². The van der Waals surface area contributed by atoms with Crippen LogP contribution in [0.15, 0.2) is 12.4 Å². The van der Waals surface area contributed by atoms with E-state index in [1.165, 1.54) is 0 Å². The first kappa shape index (κ1) is 13.5. The molecule has 1 aliphatic heterocycles. The van der Waals surface area contributed by atoms with Gasteiger partial charge in [-0.25, -0.2) is 0 Å². The van der Waals surface area contributed by atoms with Crippen molar-refractivity contribution in [2.24, 2.45) is 11.1 Å². The minimum absolute atomic E-state index is 0.261. The maximum Gasteiger partial charge on any atom is 0.0890 e. The number of aliphatic hydroxyl groups excluding tert-OH is 1. The van der Waals surface area contributed by atoms with E-state index < -0.39 is 6.10 Å². The summed E-state index contributed by atoms with van der Waals surface area (Å²) >= 11 is 0. The molecule has 2 heterocycles. The smallest absolute Gasteiger partial charge is 0.0890 e. The molecule has 1 atom stereocenters. The fourth-order valence-electron chi connectivity index (χ4n) is 2.50. The molecule has 0 spiro atoms. The molecule has 1 aliphatic rings. The van der Waals surface area contributed by atoms with Crippen molar-refractivity contribution < 1.29 is 9.84 Å². The highest BCUT2D eigenvalue weighted by Crippen LogP contribution is 2.41. The van der Waals surface area contributed by atoms with Crippen molar-refractivity contribution in [3.8, 4) is 0 Å². The summed E-state index contributed by atoms with van der Waals surface area (Å²) in [7, 11) is 0. The van der Waals surface area contributed by atoms with Crippen molar-refractivity contribution >= 4 is 0 Å². The molecular formula is C13H23N3O2. The second-order valence-electron chi connectivity index (χ2n) is 5.43. The molecular weight excluding hydrogens is 230 g/mol. The minimum Gasteiger partial charge on any atom is -0.388 e. The van der Waals surface area contributed by atoms with Crippen molar-refractivity contribution in [2.45, 2.75) is 38.8 Å². The molecule has 1 fully saturated rings. The Morgan fingerprint density at radius 2 is 2.17 bits per heavy atom. The monoisotopic (exact) mass is 253 g/mol. The molecule has 1 aromatic heterocycles. The molecule has 1 saturated heterocycles. The summed E-state index contributed by atoms with van der Waals surface area (Å²) in [5.41, 5.74) is 6.50. The Morgan fingerprint density at radius 1 is 1.50 bits per heavy atom. The van der Waals surface area contributed by atoms with Crippen molar-refractivity contribution in [2.75, 3.05) is 19.8 Å². The molecule has 1 aromatic rings. The van der Waals surface area contributed by atoms with Gasteiger partial charge >= 0.3 is 0 Å². The van der Waals surface area contributed by atoms with Gasteiger partial charge in [0.05, 0.1) is 12.3 Å². The highest BCUT2D eigenvalue weighted by atomic mass is 16.5. The van der Waals surface area contributed by atoms with E-state index in [4.69, 9.17) is 10.5 Å². The Balaban J connectivity index is 2.19. The average Bonchev–Trinajstić information content (AvgIpc) is 2.88. The van der Waals surface area contributed by atoms with Crippen LogP contribution < -0.4 is 5.73 Å². The number of rotatable bonds is 4. The molecule has 0 radical (unpaired) electrons. The predicted molar refractivity (Wildman–Crippen MR) is 69.1 cm³/mol. The van der Waals surface area contributed by atoms with Gasteiger partial charge in [-0.15, -0.1) is 0 Å². The average molecular weight is 253 g/mol. The summed E-state index contributed by atoms with van der Waals surface area (Å²) < 4.78 is 7.23.